The molecule has 0 saturated heterocycles. The van der Waals surface area contributed by atoms with E-state index in [-0.39, 0.29) is 18.3 Å². The Morgan fingerprint density at radius 2 is 1.92 bits per heavy atom. The van der Waals surface area contributed by atoms with Gasteiger partial charge in [-0.15, -0.1) is 12.4 Å². The van der Waals surface area contributed by atoms with Crippen molar-refractivity contribution in [2.24, 2.45) is 5.84 Å². The SMILES string of the molecule is Cl.N#Cc1ccc(C(=O)NN)cc1. The van der Waals surface area contributed by atoms with Crippen LogP contribution in [0.5, 0.6) is 0 Å². The van der Waals surface area contributed by atoms with E-state index in [2.05, 4.69) is 0 Å². The number of nitrogens with zero attached hydrogens (tertiary/aromatic N) is 1. The Bertz CT molecular complexity index is 328. The van der Waals surface area contributed by atoms with Gasteiger partial charge in [0.25, 0.3) is 5.91 Å². The van der Waals surface area contributed by atoms with E-state index in [1.807, 2.05) is 11.5 Å². The summed E-state index contributed by atoms with van der Waals surface area (Å²) in [7, 11) is 0. The summed E-state index contributed by atoms with van der Waals surface area (Å²) in [6.07, 6.45) is 0. The van der Waals surface area contributed by atoms with E-state index in [4.69, 9.17) is 11.1 Å². The van der Waals surface area contributed by atoms with Crippen LogP contribution < -0.4 is 11.3 Å². The molecule has 0 aromatic heterocycles. The van der Waals surface area contributed by atoms with E-state index in [0.717, 1.165) is 0 Å². The first-order valence-corrected chi connectivity index (χ1v) is 3.29. The number of nitriles is 1. The Balaban J connectivity index is 0.00000144. The number of amides is 1. The third kappa shape index (κ3) is 2.75. The number of nitrogen functional groups attached to an aromatic ring is 1. The number of benzene rings is 1. The third-order valence-corrected chi connectivity index (χ3v) is 1.41. The van der Waals surface area contributed by atoms with Crippen LogP contribution in [-0.2, 0) is 0 Å². The summed E-state index contributed by atoms with van der Waals surface area (Å²) in [6.45, 7) is 0. The Kier molecular flexibility index (Phi) is 4.52. The third-order valence-electron chi connectivity index (χ3n) is 1.41. The van der Waals surface area contributed by atoms with Crippen molar-refractivity contribution < 1.29 is 4.79 Å². The molecule has 1 rings (SSSR count). The average molecular weight is 198 g/mol. The van der Waals surface area contributed by atoms with Crippen molar-refractivity contribution in [3.8, 4) is 6.07 Å². The van der Waals surface area contributed by atoms with Crippen molar-refractivity contribution in [2.75, 3.05) is 0 Å². The molecule has 0 aliphatic rings. The number of carbonyl (C=O) groups is 1. The van der Waals surface area contributed by atoms with Crippen molar-refractivity contribution >= 4 is 18.3 Å². The summed E-state index contributed by atoms with van der Waals surface area (Å²) in [5.74, 6) is 4.55. The molecule has 5 heteroatoms. The van der Waals surface area contributed by atoms with Crippen molar-refractivity contribution in [2.45, 2.75) is 0 Å². The smallest absolute Gasteiger partial charge is 0.265 e. The lowest BCUT2D eigenvalue weighted by Gasteiger charge is -1.97. The molecule has 0 saturated carbocycles. The zero-order valence-electron chi connectivity index (χ0n) is 6.65. The normalized spacial score (nSPS) is 8.00. The molecule has 0 unspecified atom stereocenters. The van der Waals surface area contributed by atoms with E-state index in [1.54, 1.807) is 24.3 Å². The number of hydrogen-bond donors (Lipinski definition) is 2. The van der Waals surface area contributed by atoms with Gasteiger partial charge in [-0.3, -0.25) is 10.2 Å². The minimum atomic E-state index is -0.362. The van der Waals surface area contributed by atoms with Gasteiger partial charge in [-0.05, 0) is 24.3 Å². The first kappa shape index (κ1) is 11.4. The van der Waals surface area contributed by atoms with Crippen LogP contribution in [0.3, 0.4) is 0 Å². The van der Waals surface area contributed by atoms with Gasteiger partial charge in [0.05, 0.1) is 11.6 Å². The molecule has 0 aliphatic carbocycles. The fourth-order valence-corrected chi connectivity index (χ4v) is 0.779. The highest BCUT2D eigenvalue weighted by Crippen LogP contribution is 2.02. The Morgan fingerprint density at radius 1 is 1.38 bits per heavy atom. The number of halogens is 1. The van der Waals surface area contributed by atoms with Gasteiger partial charge in [-0.1, -0.05) is 0 Å². The van der Waals surface area contributed by atoms with Crippen molar-refractivity contribution in [3.05, 3.63) is 35.4 Å². The molecule has 0 atom stereocenters. The van der Waals surface area contributed by atoms with E-state index < -0.39 is 0 Å². The second-order valence-corrected chi connectivity index (χ2v) is 2.16. The molecule has 0 aliphatic heterocycles. The summed E-state index contributed by atoms with van der Waals surface area (Å²) in [5.41, 5.74) is 2.96. The minimum absolute atomic E-state index is 0. The molecule has 0 heterocycles. The number of hydrogen-bond acceptors (Lipinski definition) is 3. The lowest BCUT2D eigenvalue weighted by Crippen LogP contribution is -2.29. The van der Waals surface area contributed by atoms with E-state index >= 15 is 0 Å². The van der Waals surface area contributed by atoms with Crippen molar-refractivity contribution in [1.29, 1.82) is 5.26 Å². The predicted molar refractivity (Wildman–Crippen MR) is 50.1 cm³/mol. The fourth-order valence-electron chi connectivity index (χ4n) is 0.779. The van der Waals surface area contributed by atoms with Crippen molar-refractivity contribution in [1.82, 2.24) is 5.43 Å². The van der Waals surface area contributed by atoms with E-state index in [0.29, 0.717) is 11.1 Å². The lowest BCUT2D eigenvalue weighted by atomic mass is 10.1. The summed E-state index contributed by atoms with van der Waals surface area (Å²) < 4.78 is 0. The molecular formula is C8H8ClN3O. The second-order valence-electron chi connectivity index (χ2n) is 2.16. The van der Waals surface area contributed by atoms with E-state index in [9.17, 15) is 4.79 Å². The molecule has 1 aromatic rings. The average Bonchev–Trinajstić information content (AvgIpc) is 2.17. The molecule has 3 N–H and O–H groups in total. The lowest BCUT2D eigenvalue weighted by molar-refractivity contribution is 0.0953. The summed E-state index contributed by atoms with van der Waals surface area (Å²) in [5, 5.41) is 8.45. The molecule has 1 aromatic carbocycles. The van der Waals surface area contributed by atoms with Crippen LogP contribution in [0.1, 0.15) is 15.9 Å². The Labute approximate surface area is 81.7 Å². The zero-order chi connectivity index (χ0) is 8.97. The van der Waals surface area contributed by atoms with Gasteiger partial charge >= 0.3 is 0 Å². The summed E-state index contributed by atoms with van der Waals surface area (Å²) >= 11 is 0. The standard InChI is InChI=1S/C8H7N3O.ClH/c9-5-6-1-3-7(4-2-6)8(12)11-10;/h1-4H,10H2,(H,11,12);1H. The molecule has 4 nitrogen and oxygen atoms in total. The van der Waals surface area contributed by atoms with E-state index in [1.165, 1.54) is 0 Å². The van der Waals surface area contributed by atoms with Gasteiger partial charge in [0.1, 0.15) is 0 Å². The summed E-state index contributed by atoms with van der Waals surface area (Å²) in [6, 6.07) is 8.15. The van der Waals surface area contributed by atoms with Crippen LogP contribution in [0, 0.1) is 11.3 Å². The molecule has 1 amide bonds. The highest BCUT2D eigenvalue weighted by atomic mass is 35.5. The number of nitrogens with two attached hydrogens (primary N) is 1. The predicted octanol–water partition coefficient (Wildman–Crippen LogP) is 0.584. The maximum atomic E-state index is 10.9. The highest BCUT2D eigenvalue weighted by molar-refractivity contribution is 5.93. The quantitative estimate of drug-likeness (QED) is 0.393. The molecule has 0 radical (unpaired) electrons. The largest absolute Gasteiger partial charge is 0.290 e. The first-order valence-electron chi connectivity index (χ1n) is 3.29. The molecule has 13 heavy (non-hydrogen) atoms. The monoisotopic (exact) mass is 197 g/mol. The maximum absolute atomic E-state index is 10.9. The zero-order valence-corrected chi connectivity index (χ0v) is 7.47. The topological polar surface area (TPSA) is 78.9 Å². The molecule has 68 valence electrons. The number of hydrazine groups is 1. The van der Waals surface area contributed by atoms with Crippen LogP contribution in [0.2, 0.25) is 0 Å². The maximum Gasteiger partial charge on any atom is 0.265 e. The number of rotatable bonds is 1. The van der Waals surface area contributed by atoms with Gasteiger partial charge in [-0.25, -0.2) is 5.84 Å². The van der Waals surface area contributed by atoms with Crippen LogP contribution in [0.4, 0.5) is 0 Å². The number of carbonyl (C=O) groups excluding carboxylic acids is 1. The van der Waals surface area contributed by atoms with Gasteiger partial charge in [0.2, 0.25) is 0 Å². The van der Waals surface area contributed by atoms with Crippen LogP contribution in [0.25, 0.3) is 0 Å². The van der Waals surface area contributed by atoms with Gasteiger partial charge in [0, 0.05) is 5.56 Å². The Hall–Kier alpha value is -1.57. The van der Waals surface area contributed by atoms with Crippen molar-refractivity contribution in [3.63, 3.8) is 0 Å². The highest BCUT2D eigenvalue weighted by Gasteiger charge is 2.01. The molecule has 0 fully saturated rings. The molecule has 0 spiro atoms. The second kappa shape index (κ2) is 5.14. The first-order chi connectivity index (χ1) is 5.77. The van der Waals surface area contributed by atoms with Crippen LogP contribution in [0.15, 0.2) is 24.3 Å². The van der Waals surface area contributed by atoms with Crippen LogP contribution >= 0.6 is 12.4 Å². The molecule has 0 bridgehead atoms. The fraction of sp³-hybridized carbons (Fsp3) is 0. The van der Waals surface area contributed by atoms with Gasteiger partial charge in [0.15, 0.2) is 0 Å². The Morgan fingerprint density at radius 3 is 2.31 bits per heavy atom. The molecular weight excluding hydrogens is 190 g/mol. The van der Waals surface area contributed by atoms with Crippen LogP contribution in [-0.4, -0.2) is 5.91 Å². The van der Waals surface area contributed by atoms with Gasteiger partial charge < -0.3 is 0 Å². The van der Waals surface area contributed by atoms with Gasteiger partial charge in [-0.2, -0.15) is 5.26 Å². The minimum Gasteiger partial charge on any atom is -0.290 e. The number of nitrogens with one attached hydrogen (secondary N) is 1. The summed E-state index contributed by atoms with van der Waals surface area (Å²) in [4.78, 5) is 10.9.